The van der Waals surface area contributed by atoms with E-state index in [1.807, 2.05) is 0 Å². The first kappa shape index (κ1) is 14.6. The Hall–Kier alpha value is -1.43. The maximum Gasteiger partial charge on any atom is 0.323 e. The number of carbonyl (C=O) groups excluding carboxylic acids is 1. The molecule has 18 heavy (non-hydrogen) atoms. The first-order valence-electron chi connectivity index (χ1n) is 5.30. The van der Waals surface area contributed by atoms with Crippen LogP contribution < -0.4 is 0 Å². The number of rotatable bonds is 4. The molecule has 98 valence electrons. The molecular formula is C12H13BrFNO3. The van der Waals surface area contributed by atoms with Crippen molar-refractivity contribution in [3.63, 3.8) is 0 Å². The summed E-state index contributed by atoms with van der Waals surface area (Å²) < 4.78 is 13.2. The van der Waals surface area contributed by atoms with Gasteiger partial charge in [-0.25, -0.2) is 4.39 Å². The van der Waals surface area contributed by atoms with E-state index in [0.717, 1.165) is 6.07 Å². The van der Waals surface area contributed by atoms with Crippen molar-refractivity contribution in [2.75, 3.05) is 6.54 Å². The van der Waals surface area contributed by atoms with Crippen LogP contribution >= 0.6 is 15.9 Å². The maximum atomic E-state index is 12.9. The molecule has 0 atom stereocenters. The molecule has 0 aliphatic rings. The van der Waals surface area contributed by atoms with E-state index in [-0.39, 0.29) is 18.2 Å². The number of halogens is 2. The first-order valence-corrected chi connectivity index (χ1v) is 6.10. The van der Waals surface area contributed by atoms with Crippen LogP contribution in [0.4, 0.5) is 4.39 Å². The number of aliphatic carboxylic acids is 1. The predicted molar refractivity (Wildman–Crippen MR) is 67.9 cm³/mol. The average Bonchev–Trinajstić information content (AvgIpc) is 2.24. The van der Waals surface area contributed by atoms with Gasteiger partial charge >= 0.3 is 5.97 Å². The van der Waals surface area contributed by atoms with E-state index in [1.165, 1.54) is 17.0 Å². The Labute approximate surface area is 113 Å². The topological polar surface area (TPSA) is 57.6 Å². The van der Waals surface area contributed by atoms with Gasteiger partial charge < -0.3 is 10.0 Å². The Kier molecular flexibility index (Phi) is 4.84. The SMILES string of the molecule is CC(C)N(CC(=O)O)C(=O)c1ccc(F)cc1Br. The standard InChI is InChI=1S/C12H13BrFNO3/c1-7(2)15(6-11(16)17)12(18)9-4-3-8(14)5-10(9)13/h3-5,7H,6H2,1-2H3,(H,16,17). The molecule has 1 rings (SSSR count). The molecule has 0 aliphatic carbocycles. The van der Waals surface area contributed by atoms with E-state index in [2.05, 4.69) is 15.9 Å². The Morgan fingerprint density at radius 3 is 2.50 bits per heavy atom. The van der Waals surface area contributed by atoms with Crippen LogP contribution in [0.1, 0.15) is 24.2 Å². The molecule has 1 amide bonds. The molecule has 0 saturated heterocycles. The van der Waals surface area contributed by atoms with Crippen LogP contribution in [0, 0.1) is 5.82 Å². The van der Waals surface area contributed by atoms with E-state index in [9.17, 15) is 14.0 Å². The third-order valence-electron chi connectivity index (χ3n) is 2.35. The molecule has 0 spiro atoms. The van der Waals surface area contributed by atoms with Gasteiger partial charge in [0.15, 0.2) is 0 Å². The van der Waals surface area contributed by atoms with Crippen molar-refractivity contribution in [2.24, 2.45) is 0 Å². The number of benzene rings is 1. The molecule has 1 aromatic carbocycles. The summed E-state index contributed by atoms with van der Waals surface area (Å²) in [4.78, 5) is 24.1. The van der Waals surface area contributed by atoms with Gasteiger partial charge in [-0.1, -0.05) is 0 Å². The van der Waals surface area contributed by atoms with E-state index in [1.54, 1.807) is 13.8 Å². The Bertz CT molecular complexity index is 476. The summed E-state index contributed by atoms with van der Waals surface area (Å²) in [6, 6.07) is 3.41. The molecule has 0 radical (unpaired) electrons. The molecule has 0 bridgehead atoms. The third-order valence-corrected chi connectivity index (χ3v) is 3.01. The number of carboxylic acids is 1. The highest BCUT2D eigenvalue weighted by molar-refractivity contribution is 9.10. The molecule has 0 heterocycles. The lowest BCUT2D eigenvalue weighted by Crippen LogP contribution is -2.40. The summed E-state index contributed by atoms with van der Waals surface area (Å²) in [6.07, 6.45) is 0. The number of amides is 1. The van der Waals surface area contributed by atoms with Crippen molar-refractivity contribution in [1.82, 2.24) is 4.90 Å². The largest absolute Gasteiger partial charge is 0.480 e. The number of carbonyl (C=O) groups is 2. The smallest absolute Gasteiger partial charge is 0.323 e. The Balaban J connectivity index is 3.05. The van der Waals surface area contributed by atoms with Crippen LogP contribution in [0.2, 0.25) is 0 Å². The highest BCUT2D eigenvalue weighted by Crippen LogP contribution is 2.20. The molecule has 4 nitrogen and oxygen atoms in total. The molecule has 0 aliphatic heterocycles. The lowest BCUT2D eigenvalue weighted by molar-refractivity contribution is -0.138. The number of hydrogen-bond acceptors (Lipinski definition) is 2. The van der Waals surface area contributed by atoms with Crippen LogP contribution in [0.15, 0.2) is 22.7 Å². The Morgan fingerprint density at radius 2 is 2.06 bits per heavy atom. The van der Waals surface area contributed by atoms with Gasteiger partial charge in [0, 0.05) is 10.5 Å². The summed E-state index contributed by atoms with van der Waals surface area (Å²) in [6.45, 7) is 3.05. The number of hydrogen-bond donors (Lipinski definition) is 1. The minimum Gasteiger partial charge on any atom is -0.480 e. The Morgan fingerprint density at radius 1 is 1.44 bits per heavy atom. The molecule has 0 unspecified atom stereocenters. The average molecular weight is 318 g/mol. The summed E-state index contributed by atoms with van der Waals surface area (Å²) >= 11 is 3.10. The second-order valence-corrected chi connectivity index (χ2v) is 4.90. The lowest BCUT2D eigenvalue weighted by atomic mass is 10.1. The normalized spacial score (nSPS) is 10.5. The molecule has 1 N–H and O–H groups in total. The van der Waals surface area contributed by atoms with Crippen molar-refractivity contribution < 1.29 is 19.1 Å². The summed E-state index contributed by atoms with van der Waals surface area (Å²) in [5.74, 6) is -2.00. The number of nitrogens with zero attached hydrogens (tertiary/aromatic N) is 1. The van der Waals surface area contributed by atoms with E-state index in [0.29, 0.717) is 4.47 Å². The van der Waals surface area contributed by atoms with Crippen LogP contribution in [0.3, 0.4) is 0 Å². The maximum absolute atomic E-state index is 12.9. The predicted octanol–water partition coefficient (Wildman–Crippen LogP) is 2.52. The van der Waals surface area contributed by atoms with E-state index >= 15 is 0 Å². The third kappa shape index (κ3) is 3.53. The van der Waals surface area contributed by atoms with Gasteiger partial charge in [0.2, 0.25) is 0 Å². The van der Waals surface area contributed by atoms with Crippen LogP contribution in [0.5, 0.6) is 0 Å². The van der Waals surface area contributed by atoms with Gasteiger partial charge in [-0.3, -0.25) is 9.59 Å². The fourth-order valence-electron chi connectivity index (χ4n) is 1.45. The zero-order valence-corrected chi connectivity index (χ0v) is 11.6. The summed E-state index contributed by atoms with van der Waals surface area (Å²) in [5.41, 5.74) is 0.242. The first-order chi connectivity index (χ1) is 8.32. The van der Waals surface area contributed by atoms with E-state index in [4.69, 9.17) is 5.11 Å². The zero-order chi connectivity index (χ0) is 13.9. The second kappa shape index (κ2) is 5.95. The van der Waals surface area contributed by atoms with Crippen molar-refractivity contribution in [3.8, 4) is 0 Å². The molecule has 0 fully saturated rings. The van der Waals surface area contributed by atoms with Gasteiger partial charge in [-0.05, 0) is 48.0 Å². The van der Waals surface area contributed by atoms with Crippen molar-refractivity contribution in [3.05, 3.63) is 34.1 Å². The minimum absolute atomic E-state index is 0.242. The fraction of sp³-hybridized carbons (Fsp3) is 0.333. The summed E-state index contributed by atoms with van der Waals surface area (Å²) in [7, 11) is 0. The van der Waals surface area contributed by atoms with Crippen molar-refractivity contribution in [2.45, 2.75) is 19.9 Å². The highest BCUT2D eigenvalue weighted by Gasteiger charge is 2.23. The van der Waals surface area contributed by atoms with Gasteiger partial charge in [0.1, 0.15) is 12.4 Å². The van der Waals surface area contributed by atoms with Gasteiger partial charge in [0.25, 0.3) is 5.91 Å². The van der Waals surface area contributed by atoms with Crippen molar-refractivity contribution >= 4 is 27.8 Å². The number of carboxylic acid groups (broad SMARTS) is 1. The highest BCUT2D eigenvalue weighted by atomic mass is 79.9. The van der Waals surface area contributed by atoms with Gasteiger partial charge in [-0.2, -0.15) is 0 Å². The molecule has 1 aromatic rings. The minimum atomic E-state index is -1.09. The monoisotopic (exact) mass is 317 g/mol. The quantitative estimate of drug-likeness (QED) is 0.928. The van der Waals surface area contributed by atoms with Crippen LogP contribution in [-0.2, 0) is 4.79 Å². The molecular weight excluding hydrogens is 305 g/mol. The van der Waals surface area contributed by atoms with Gasteiger partial charge in [0.05, 0.1) is 5.56 Å². The van der Waals surface area contributed by atoms with Crippen LogP contribution in [0.25, 0.3) is 0 Å². The fourth-order valence-corrected chi connectivity index (χ4v) is 1.97. The van der Waals surface area contributed by atoms with E-state index < -0.39 is 17.7 Å². The second-order valence-electron chi connectivity index (χ2n) is 4.04. The van der Waals surface area contributed by atoms with Crippen molar-refractivity contribution in [1.29, 1.82) is 0 Å². The molecule has 6 heteroatoms. The summed E-state index contributed by atoms with van der Waals surface area (Å²) in [5, 5.41) is 8.78. The van der Waals surface area contributed by atoms with Gasteiger partial charge in [-0.15, -0.1) is 0 Å². The van der Waals surface area contributed by atoms with Crippen LogP contribution in [-0.4, -0.2) is 34.5 Å². The lowest BCUT2D eigenvalue weighted by Gasteiger charge is -2.25. The molecule has 0 aromatic heterocycles. The molecule has 0 saturated carbocycles. The zero-order valence-electron chi connectivity index (χ0n) is 9.98.